The number of benzene rings is 2. The topological polar surface area (TPSA) is 121 Å². The lowest BCUT2D eigenvalue weighted by atomic mass is 10.1. The molecule has 0 radical (unpaired) electrons. The summed E-state index contributed by atoms with van der Waals surface area (Å²) < 4.78 is 14.9. The number of aromatic nitrogens is 1. The number of halogens is 1. The highest BCUT2D eigenvalue weighted by molar-refractivity contribution is 6.23. The smallest absolute Gasteiger partial charge is 0.261 e. The van der Waals surface area contributed by atoms with Crippen LogP contribution in [0, 0.1) is 5.82 Å². The van der Waals surface area contributed by atoms with Gasteiger partial charge in [-0.15, -0.1) is 0 Å². The number of hydrogen-bond acceptors (Lipinski definition) is 7. The van der Waals surface area contributed by atoms with Crippen molar-refractivity contribution in [1.29, 1.82) is 0 Å². The van der Waals surface area contributed by atoms with Crippen molar-refractivity contribution in [2.24, 2.45) is 5.73 Å². The lowest BCUT2D eigenvalue weighted by Gasteiger charge is -2.35. The summed E-state index contributed by atoms with van der Waals surface area (Å²) in [6.07, 6.45) is 1.49. The van der Waals surface area contributed by atoms with E-state index < -0.39 is 17.7 Å². The zero-order chi connectivity index (χ0) is 25.2. The maximum atomic E-state index is 14.9. The molecule has 9 nitrogen and oxygen atoms in total. The number of rotatable bonds is 7. The third-order valence-electron chi connectivity index (χ3n) is 6.48. The number of fused-ring (bicyclic) bond motifs is 1. The number of amides is 3. The number of nitrogens with two attached hydrogens (primary N) is 1. The Balaban J connectivity index is 1.16. The lowest BCUT2D eigenvalue weighted by Crippen LogP contribution is -2.46. The van der Waals surface area contributed by atoms with Crippen molar-refractivity contribution in [3.8, 4) is 0 Å². The van der Waals surface area contributed by atoms with Crippen LogP contribution in [-0.2, 0) is 13.1 Å². The number of nitrogens with zero attached hydrogens (tertiary/aromatic N) is 3. The molecular weight excluding hydrogens is 463 g/mol. The molecule has 0 saturated carbocycles. The first kappa shape index (κ1) is 23.4. The van der Waals surface area contributed by atoms with Crippen LogP contribution in [0.15, 0.2) is 54.7 Å². The molecule has 5 rings (SSSR count). The Morgan fingerprint density at radius 1 is 1.06 bits per heavy atom. The van der Waals surface area contributed by atoms with Crippen LogP contribution in [0.25, 0.3) is 0 Å². The number of primary amides is 1. The second kappa shape index (κ2) is 9.74. The quantitative estimate of drug-likeness (QED) is 0.436. The van der Waals surface area contributed by atoms with Gasteiger partial charge >= 0.3 is 0 Å². The van der Waals surface area contributed by atoms with E-state index in [0.717, 1.165) is 37.6 Å². The highest BCUT2D eigenvalue weighted by Gasteiger charge is 2.29. The van der Waals surface area contributed by atoms with Gasteiger partial charge in [-0.25, -0.2) is 9.37 Å². The average molecular weight is 489 g/mol. The fourth-order valence-electron chi connectivity index (χ4n) is 4.50. The molecule has 0 aliphatic carbocycles. The minimum Gasteiger partial charge on any atom is -0.380 e. The summed E-state index contributed by atoms with van der Waals surface area (Å²) in [5.74, 6) is -0.904. The van der Waals surface area contributed by atoms with E-state index in [0.29, 0.717) is 28.9 Å². The third-order valence-corrected chi connectivity index (χ3v) is 6.48. The first-order valence-electron chi connectivity index (χ1n) is 11.6. The van der Waals surface area contributed by atoms with Crippen molar-refractivity contribution < 1.29 is 18.8 Å². The predicted octanol–water partition coefficient (Wildman–Crippen LogP) is 2.14. The molecule has 1 aromatic heterocycles. The molecule has 2 aromatic carbocycles. The molecule has 4 N–H and O–H groups in total. The van der Waals surface area contributed by atoms with Crippen molar-refractivity contribution in [1.82, 2.24) is 15.2 Å². The number of nitrogens with one attached hydrogen (secondary N) is 2. The van der Waals surface area contributed by atoms with Crippen LogP contribution in [0.3, 0.4) is 0 Å². The normalized spacial score (nSPS) is 15.5. The third kappa shape index (κ3) is 4.76. The Labute approximate surface area is 207 Å². The van der Waals surface area contributed by atoms with Crippen molar-refractivity contribution in [2.75, 3.05) is 36.4 Å². The Kier molecular flexibility index (Phi) is 6.34. The van der Waals surface area contributed by atoms with Crippen molar-refractivity contribution in [2.45, 2.75) is 13.1 Å². The summed E-state index contributed by atoms with van der Waals surface area (Å²) in [5.41, 5.74) is 8.10. The van der Waals surface area contributed by atoms with Gasteiger partial charge in [-0.2, -0.15) is 0 Å². The molecule has 3 heterocycles. The van der Waals surface area contributed by atoms with Gasteiger partial charge in [0.25, 0.3) is 11.8 Å². The van der Waals surface area contributed by atoms with Gasteiger partial charge in [0.2, 0.25) is 5.91 Å². The molecule has 3 aromatic rings. The molecule has 1 saturated heterocycles. The SMILES string of the molecule is NC(=O)c1ccc(N2CCN(Cc3ccc(CNc4cccc5c4C(=O)NC5=O)c(F)c3)CC2)nc1. The van der Waals surface area contributed by atoms with Gasteiger partial charge < -0.3 is 16.0 Å². The second-order valence-corrected chi connectivity index (χ2v) is 8.82. The fraction of sp³-hybridized carbons (Fsp3) is 0.231. The molecule has 0 bridgehead atoms. The van der Waals surface area contributed by atoms with Crippen molar-refractivity contribution in [3.63, 3.8) is 0 Å². The highest BCUT2D eigenvalue weighted by atomic mass is 19.1. The number of anilines is 2. The van der Waals surface area contributed by atoms with Gasteiger partial charge in [0, 0.05) is 56.7 Å². The zero-order valence-electron chi connectivity index (χ0n) is 19.5. The Morgan fingerprint density at radius 2 is 1.86 bits per heavy atom. The maximum absolute atomic E-state index is 14.9. The largest absolute Gasteiger partial charge is 0.380 e. The molecular formula is C26H25FN6O3. The number of pyridine rings is 1. The minimum atomic E-state index is -0.500. The van der Waals surface area contributed by atoms with Crippen LogP contribution in [0.4, 0.5) is 15.9 Å². The predicted molar refractivity (Wildman–Crippen MR) is 132 cm³/mol. The van der Waals surface area contributed by atoms with Crippen molar-refractivity contribution in [3.05, 3.63) is 88.4 Å². The molecule has 184 valence electrons. The molecule has 0 spiro atoms. The van der Waals surface area contributed by atoms with Gasteiger partial charge in [0.1, 0.15) is 11.6 Å². The van der Waals surface area contributed by atoms with Crippen LogP contribution in [-0.4, -0.2) is 53.8 Å². The monoisotopic (exact) mass is 488 g/mol. The van der Waals surface area contributed by atoms with Gasteiger partial charge in [0.15, 0.2) is 0 Å². The molecule has 2 aliphatic rings. The maximum Gasteiger partial charge on any atom is 0.261 e. The van der Waals surface area contributed by atoms with Gasteiger partial charge in [-0.05, 0) is 35.9 Å². The van der Waals surface area contributed by atoms with Gasteiger partial charge in [-0.1, -0.05) is 18.2 Å². The summed E-state index contributed by atoms with van der Waals surface area (Å²) in [5, 5.41) is 5.36. The fourth-order valence-corrected chi connectivity index (χ4v) is 4.50. The molecule has 0 unspecified atom stereocenters. The molecule has 36 heavy (non-hydrogen) atoms. The summed E-state index contributed by atoms with van der Waals surface area (Å²) in [6, 6.07) is 13.6. The first-order chi connectivity index (χ1) is 17.4. The Hall–Kier alpha value is -4.31. The van der Waals surface area contributed by atoms with E-state index in [9.17, 15) is 18.8 Å². The van der Waals surface area contributed by atoms with E-state index in [-0.39, 0.29) is 17.9 Å². The van der Waals surface area contributed by atoms with Crippen LogP contribution in [0.2, 0.25) is 0 Å². The number of imide groups is 1. The van der Waals surface area contributed by atoms with Crippen LogP contribution >= 0.6 is 0 Å². The van der Waals surface area contributed by atoms with Crippen LogP contribution < -0.4 is 21.3 Å². The molecule has 1 fully saturated rings. The van der Waals surface area contributed by atoms with E-state index >= 15 is 0 Å². The Morgan fingerprint density at radius 3 is 2.56 bits per heavy atom. The number of hydrogen-bond donors (Lipinski definition) is 3. The molecule has 10 heteroatoms. The minimum absolute atomic E-state index is 0.185. The number of carbonyl (C=O) groups is 3. The number of piperazine rings is 1. The van der Waals surface area contributed by atoms with E-state index in [1.54, 1.807) is 42.5 Å². The molecule has 3 amide bonds. The summed E-state index contributed by atoms with van der Waals surface area (Å²) in [7, 11) is 0. The lowest BCUT2D eigenvalue weighted by molar-refractivity contribution is 0.0878. The van der Waals surface area contributed by atoms with Crippen LogP contribution in [0.1, 0.15) is 42.2 Å². The summed E-state index contributed by atoms with van der Waals surface area (Å²) >= 11 is 0. The molecule has 2 aliphatic heterocycles. The summed E-state index contributed by atoms with van der Waals surface area (Å²) in [4.78, 5) is 43.9. The average Bonchev–Trinajstić information content (AvgIpc) is 3.18. The Bertz CT molecular complexity index is 1340. The second-order valence-electron chi connectivity index (χ2n) is 8.82. The summed E-state index contributed by atoms with van der Waals surface area (Å²) in [6.45, 7) is 3.94. The van der Waals surface area contributed by atoms with Crippen LogP contribution in [0.5, 0.6) is 0 Å². The van der Waals surface area contributed by atoms with Gasteiger partial charge in [0.05, 0.1) is 16.7 Å². The van der Waals surface area contributed by atoms with E-state index in [2.05, 4.69) is 25.4 Å². The zero-order valence-corrected chi connectivity index (χ0v) is 19.5. The van der Waals surface area contributed by atoms with E-state index in [1.807, 2.05) is 6.07 Å². The standard InChI is InChI=1S/C26H25FN6O3/c27-20-12-16(15-32-8-10-33(11-9-32)22-7-6-18(14-30-22)24(28)34)4-5-17(20)13-29-21-3-1-2-19-23(21)26(36)31-25(19)35/h1-7,12,14,29H,8-11,13,15H2,(H2,28,34)(H,31,35,36). The van der Waals surface area contributed by atoms with Crippen molar-refractivity contribution >= 4 is 29.2 Å². The van der Waals surface area contributed by atoms with E-state index in [4.69, 9.17) is 5.73 Å². The first-order valence-corrected chi connectivity index (χ1v) is 11.6. The highest BCUT2D eigenvalue weighted by Crippen LogP contribution is 2.25. The van der Waals surface area contributed by atoms with Gasteiger partial charge in [-0.3, -0.25) is 24.6 Å². The molecule has 0 atom stereocenters. The number of carbonyl (C=O) groups excluding carboxylic acids is 3. The van der Waals surface area contributed by atoms with E-state index in [1.165, 1.54) is 6.20 Å².